The predicted molar refractivity (Wildman–Crippen MR) is 99.7 cm³/mol. The summed E-state index contributed by atoms with van der Waals surface area (Å²) in [5.74, 6) is -0.180. The Kier molecular flexibility index (Phi) is 4.95. The highest BCUT2D eigenvalue weighted by Crippen LogP contribution is 2.26. The maximum atomic E-state index is 10.9. The molecule has 3 aromatic rings. The molecular formula is C20H18N2O3. The molecule has 0 aromatic heterocycles. The second-order valence-electron chi connectivity index (χ2n) is 5.38. The minimum absolute atomic E-state index is 0.238. The number of nitrogens with zero attached hydrogens (tertiary/aromatic N) is 1. The number of fused-ring (bicyclic) bond motifs is 1. The lowest BCUT2D eigenvalue weighted by molar-refractivity contribution is 0.0697. The van der Waals surface area contributed by atoms with Crippen LogP contribution in [0.15, 0.2) is 65.8 Å². The first-order valence-corrected chi connectivity index (χ1v) is 7.96. The van der Waals surface area contributed by atoms with Crippen molar-refractivity contribution in [2.24, 2.45) is 5.10 Å². The van der Waals surface area contributed by atoms with Gasteiger partial charge in [0.05, 0.1) is 24.1 Å². The number of benzene rings is 3. The summed E-state index contributed by atoms with van der Waals surface area (Å²) in [5.41, 5.74) is 4.76. The van der Waals surface area contributed by atoms with E-state index < -0.39 is 5.97 Å². The maximum absolute atomic E-state index is 10.9. The van der Waals surface area contributed by atoms with Gasteiger partial charge in [-0.15, -0.1) is 0 Å². The third kappa shape index (κ3) is 3.77. The molecule has 0 radical (unpaired) electrons. The van der Waals surface area contributed by atoms with Crippen molar-refractivity contribution in [3.05, 3.63) is 71.8 Å². The molecule has 0 saturated carbocycles. The van der Waals surface area contributed by atoms with E-state index in [1.54, 1.807) is 18.3 Å². The number of anilines is 1. The monoisotopic (exact) mass is 334 g/mol. The topological polar surface area (TPSA) is 70.9 Å². The van der Waals surface area contributed by atoms with Crippen LogP contribution in [0.3, 0.4) is 0 Å². The standard InChI is InChI=1S/C20H18N2O3/c1-2-25-19-12-9-14-5-3-4-6-17(14)18(19)13-21-22-16-10-7-15(8-11-16)20(23)24/h3-13,22H,2H2,1H3,(H,23,24). The number of carboxylic acids is 1. The highest BCUT2D eigenvalue weighted by Gasteiger charge is 2.06. The molecule has 3 rings (SSSR count). The van der Waals surface area contributed by atoms with Gasteiger partial charge >= 0.3 is 5.97 Å². The molecule has 25 heavy (non-hydrogen) atoms. The van der Waals surface area contributed by atoms with E-state index in [1.807, 2.05) is 43.3 Å². The summed E-state index contributed by atoms with van der Waals surface area (Å²) in [6.07, 6.45) is 1.72. The lowest BCUT2D eigenvalue weighted by Gasteiger charge is -2.10. The second kappa shape index (κ2) is 7.49. The van der Waals surface area contributed by atoms with Gasteiger partial charge in [-0.2, -0.15) is 5.10 Å². The molecule has 0 atom stereocenters. The Morgan fingerprint density at radius 3 is 2.60 bits per heavy atom. The minimum Gasteiger partial charge on any atom is -0.493 e. The molecule has 0 aliphatic carbocycles. The van der Waals surface area contributed by atoms with E-state index in [0.29, 0.717) is 12.3 Å². The Morgan fingerprint density at radius 1 is 1.12 bits per heavy atom. The zero-order valence-electron chi connectivity index (χ0n) is 13.8. The first kappa shape index (κ1) is 16.5. The number of hydrogen-bond donors (Lipinski definition) is 2. The van der Waals surface area contributed by atoms with Crippen molar-refractivity contribution in [2.45, 2.75) is 6.92 Å². The Bertz CT molecular complexity index is 918. The number of hydrogen-bond acceptors (Lipinski definition) is 4. The first-order valence-electron chi connectivity index (χ1n) is 7.96. The molecule has 3 aromatic carbocycles. The first-order chi connectivity index (χ1) is 12.2. The van der Waals surface area contributed by atoms with Gasteiger partial charge in [0, 0.05) is 5.56 Å². The van der Waals surface area contributed by atoms with Gasteiger partial charge in [0.2, 0.25) is 0 Å². The van der Waals surface area contributed by atoms with Gasteiger partial charge in [-0.25, -0.2) is 4.79 Å². The van der Waals surface area contributed by atoms with E-state index in [-0.39, 0.29) is 5.56 Å². The molecule has 0 bridgehead atoms. The number of aromatic carboxylic acids is 1. The molecular weight excluding hydrogens is 316 g/mol. The molecule has 0 spiro atoms. The fourth-order valence-electron chi connectivity index (χ4n) is 2.55. The van der Waals surface area contributed by atoms with Crippen LogP contribution in [-0.4, -0.2) is 23.9 Å². The van der Waals surface area contributed by atoms with Gasteiger partial charge < -0.3 is 9.84 Å². The van der Waals surface area contributed by atoms with Crippen molar-refractivity contribution in [2.75, 3.05) is 12.0 Å². The fraction of sp³-hybridized carbons (Fsp3) is 0.100. The average Bonchev–Trinajstić information content (AvgIpc) is 2.64. The molecule has 0 fully saturated rings. The van der Waals surface area contributed by atoms with Gasteiger partial charge in [0.15, 0.2) is 0 Å². The highest BCUT2D eigenvalue weighted by atomic mass is 16.5. The summed E-state index contributed by atoms with van der Waals surface area (Å²) >= 11 is 0. The third-order valence-electron chi connectivity index (χ3n) is 3.75. The van der Waals surface area contributed by atoms with Crippen LogP contribution in [0.1, 0.15) is 22.8 Å². The van der Waals surface area contributed by atoms with E-state index >= 15 is 0 Å². The molecule has 0 aliphatic rings. The van der Waals surface area contributed by atoms with Crippen molar-refractivity contribution in [3.63, 3.8) is 0 Å². The molecule has 0 amide bonds. The summed E-state index contributed by atoms with van der Waals surface area (Å²) in [6, 6.07) is 18.4. The average molecular weight is 334 g/mol. The van der Waals surface area contributed by atoms with Crippen molar-refractivity contribution in [1.82, 2.24) is 0 Å². The van der Waals surface area contributed by atoms with Crippen LogP contribution in [0.25, 0.3) is 10.8 Å². The van der Waals surface area contributed by atoms with Gasteiger partial charge in [-0.1, -0.05) is 30.3 Å². The van der Waals surface area contributed by atoms with Gasteiger partial charge in [0.1, 0.15) is 5.75 Å². The smallest absolute Gasteiger partial charge is 0.335 e. The molecule has 0 saturated heterocycles. The van der Waals surface area contributed by atoms with Crippen LogP contribution in [0, 0.1) is 0 Å². The summed E-state index contributed by atoms with van der Waals surface area (Å²) in [5, 5.41) is 15.4. The number of carboxylic acid groups (broad SMARTS) is 1. The van der Waals surface area contributed by atoms with E-state index in [2.05, 4.69) is 10.5 Å². The summed E-state index contributed by atoms with van der Waals surface area (Å²) in [7, 11) is 0. The van der Waals surface area contributed by atoms with Gasteiger partial charge in [-0.05, 0) is 48.0 Å². The largest absolute Gasteiger partial charge is 0.493 e. The van der Waals surface area contributed by atoms with Gasteiger partial charge in [0.25, 0.3) is 0 Å². The number of hydrazone groups is 1. The number of carbonyl (C=O) groups is 1. The molecule has 0 aliphatic heterocycles. The highest BCUT2D eigenvalue weighted by molar-refractivity contribution is 6.02. The third-order valence-corrected chi connectivity index (χ3v) is 3.75. The van der Waals surface area contributed by atoms with E-state index in [1.165, 1.54) is 12.1 Å². The van der Waals surface area contributed by atoms with Crippen LogP contribution in [0.5, 0.6) is 5.75 Å². The Morgan fingerprint density at radius 2 is 1.88 bits per heavy atom. The zero-order chi connectivity index (χ0) is 17.6. The van der Waals surface area contributed by atoms with Crippen LogP contribution in [-0.2, 0) is 0 Å². The lowest BCUT2D eigenvalue weighted by Crippen LogP contribution is -1.99. The van der Waals surface area contributed by atoms with E-state index in [4.69, 9.17) is 9.84 Å². The quantitative estimate of drug-likeness (QED) is 0.518. The normalized spacial score (nSPS) is 10.9. The summed E-state index contributed by atoms with van der Waals surface area (Å²) in [6.45, 7) is 2.52. The predicted octanol–water partition coefficient (Wildman–Crippen LogP) is 4.38. The second-order valence-corrected chi connectivity index (χ2v) is 5.38. The zero-order valence-corrected chi connectivity index (χ0v) is 13.8. The van der Waals surface area contributed by atoms with Crippen LogP contribution in [0.4, 0.5) is 5.69 Å². The molecule has 126 valence electrons. The van der Waals surface area contributed by atoms with Crippen molar-refractivity contribution < 1.29 is 14.6 Å². The lowest BCUT2D eigenvalue weighted by atomic mass is 10.0. The summed E-state index contributed by atoms with van der Waals surface area (Å²) < 4.78 is 5.71. The minimum atomic E-state index is -0.952. The molecule has 0 unspecified atom stereocenters. The maximum Gasteiger partial charge on any atom is 0.335 e. The number of rotatable bonds is 6. The summed E-state index contributed by atoms with van der Waals surface area (Å²) in [4.78, 5) is 10.9. The number of ether oxygens (including phenoxy) is 1. The molecule has 2 N–H and O–H groups in total. The SMILES string of the molecule is CCOc1ccc2ccccc2c1C=NNc1ccc(C(=O)O)cc1. The van der Waals surface area contributed by atoms with Crippen LogP contribution < -0.4 is 10.2 Å². The van der Waals surface area contributed by atoms with Crippen molar-refractivity contribution >= 4 is 28.6 Å². The Balaban J connectivity index is 1.87. The molecule has 0 heterocycles. The van der Waals surface area contributed by atoms with Crippen molar-refractivity contribution in [1.29, 1.82) is 0 Å². The van der Waals surface area contributed by atoms with Crippen LogP contribution >= 0.6 is 0 Å². The molecule has 5 heteroatoms. The van der Waals surface area contributed by atoms with Gasteiger partial charge in [-0.3, -0.25) is 5.43 Å². The van der Waals surface area contributed by atoms with Crippen LogP contribution in [0.2, 0.25) is 0 Å². The van der Waals surface area contributed by atoms with E-state index in [0.717, 1.165) is 22.1 Å². The molecule has 5 nitrogen and oxygen atoms in total. The van der Waals surface area contributed by atoms with Crippen molar-refractivity contribution in [3.8, 4) is 5.75 Å². The Labute approximate surface area is 145 Å². The fourth-order valence-corrected chi connectivity index (χ4v) is 2.55. The Hall–Kier alpha value is -3.34. The number of nitrogens with one attached hydrogen (secondary N) is 1. The van der Waals surface area contributed by atoms with E-state index in [9.17, 15) is 4.79 Å².